The van der Waals surface area contributed by atoms with E-state index < -0.39 is 0 Å². The highest BCUT2D eigenvalue weighted by molar-refractivity contribution is 7.12. The normalized spacial score (nSPS) is 10.6. The minimum absolute atomic E-state index is 0. The van der Waals surface area contributed by atoms with Crippen LogP contribution >= 0.6 is 23.7 Å². The van der Waals surface area contributed by atoms with Crippen molar-refractivity contribution in [3.8, 4) is 11.3 Å². The Morgan fingerprint density at radius 1 is 1.07 bits per heavy atom. The number of hydrogen-bond acceptors (Lipinski definition) is 5. The Kier molecular flexibility index (Phi) is 8.76. The van der Waals surface area contributed by atoms with Gasteiger partial charge in [-0.1, -0.05) is 36.4 Å². The van der Waals surface area contributed by atoms with Gasteiger partial charge in [-0.15, -0.1) is 23.7 Å². The lowest BCUT2D eigenvalue weighted by atomic mass is 10.1. The summed E-state index contributed by atoms with van der Waals surface area (Å²) in [4.78, 5) is 27.1. The molecule has 0 fully saturated rings. The Morgan fingerprint density at radius 2 is 1.83 bits per heavy atom. The van der Waals surface area contributed by atoms with Gasteiger partial charge in [0.15, 0.2) is 0 Å². The lowest BCUT2D eigenvalue weighted by molar-refractivity contribution is -0.131. The number of pyridine rings is 1. The zero-order chi connectivity index (χ0) is 19.9. The molecule has 0 saturated heterocycles. The molecule has 5 nitrogen and oxygen atoms in total. The largest absolute Gasteiger partial charge is 0.337 e. The van der Waals surface area contributed by atoms with Gasteiger partial charge in [0.1, 0.15) is 0 Å². The molecule has 154 valence electrons. The van der Waals surface area contributed by atoms with Crippen molar-refractivity contribution in [2.24, 2.45) is 0 Å². The maximum atomic E-state index is 13.2. The number of nitrogens with zero attached hydrogens (tertiary/aromatic N) is 4. The summed E-state index contributed by atoms with van der Waals surface area (Å²) in [5, 5.41) is 0.980. The summed E-state index contributed by atoms with van der Waals surface area (Å²) in [7, 11) is 4.04. The molecule has 1 amide bonds. The number of amides is 1. The molecule has 3 aromatic rings. The number of carbonyl (C=O) groups is 1. The fraction of sp³-hybridized carbons (Fsp3) is 0.318. The van der Waals surface area contributed by atoms with E-state index in [-0.39, 0.29) is 18.3 Å². The number of benzene rings is 1. The average Bonchev–Trinajstić information content (AvgIpc) is 3.06. The average molecular weight is 431 g/mol. The summed E-state index contributed by atoms with van der Waals surface area (Å²) >= 11 is 1.60. The molecule has 0 bridgehead atoms. The predicted octanol–water partition coefficient (Wildman–Crippen LogP) is 4.07. The van der Waals surface area contributed by atoms with Crippen LogP contribution in [0, 0.1) is 6.92 Å². The van der Waals surface area contributed by atoms with E-state index in [1.807, 2.05) is 74.6 Å². The molecule has 3 rings (SSSR count). The van der Waals surface area contributed by atoms with Gasteiger partial charge in [0, 0.05) is 42.5 Å². The van der Waals surface area contributed by atoms with E-state index in [4.69, 9.17) is 0 Å². The van der Waals surface area contributed by atoms with Crippen molar-refractivity contribution in [3.05, 3.63) is 70.3 Å². The fourth-order valence-corrected chi connectivity index (χ4v) is 3.93. The lowest BCUT2D eigenvalue weighted by Crippen LogP contribution is -2.37. The van der Waals surface area contributed by atoms with Crippen LogP contribution in [0.1, 0.15) is 15.4 Å². The molecule has 0 unspecified atom stereocenters. The van der Waals surface area contributed by atoms with Crippen molar-refractivity contribution >= 4 is 29.7 Å². The molecule has 0 aliphatic rings. The number of carbonyl (C=O) groups excluding carboxylic acids is 1. The number of aryl methyl sites for hydroxylation is 1. The summed E-state index contributed by atoms with van der Waals surface area (Å²) in [6, 6.07) is 14.0. The molecule has 0 saturated carbocycles. The van der Waals surface area contributed by atoms with Gasteiger partial charge >= 0.3 is 0 Å². The number of rotatable bonds is 8. The monoisotopic (exact) mass is 430 g/mol. The molecular weight excluding hydrogens is 404 g/mol. The Labute approximate surface area is 182 Å². The molecule has 0 spiro atoms. The van der Waals surface area contributed by atoms with Crippen LogP contribution in [0.5, 0.6) is 0 Å². The van der Waals surface area contributed by atoms with Gasteiger partial charge in [0.25, 0.3) is 0 Å². The number of halogens is 1. The smallest absolute Gasteiger partial charge is 0.228 e. The number of likely N-dealkylation sites (N-methyl/N-ethyl adjacent to an activating group) is 1. The fourth-order valence-electron chi connectivity index (χ4n) is 2.98. The summed E-state index contributed by atoms with van der Waals surface area (Å²) in [6.07, 6.45) is 3.94. The van der Waals surface area contributed by atoms with Gasteiger partial charge in [0.2, 0.25) is 5.91 Å². The van der Waals surface area contributed by atoms with Crippen LogP contribution < -0.4 is 0 Å². The molecule has 0 radical (unpaired) electrons. The number of thiazole rings is 1. The van der Waals surface area contributed by atoms with Gasteiger partial charge in [-0.25, -0.2) is 4.98 Å². The highest BCUT2D eigenvalue weighted by Crippen LogP contribution is 2.28. The summed E-state index contributed by atoms with van der Waals surface area (Å²) in [5.74, 6) is 0.117. The van der Waals surface area contributed by atoms with Crippen LogP contribution in [-0.4, -0.2) is 52.9 Å². The highest BCUT2D eigenvalue weighted by atomic mass is 35.5. The molecule has 2 aromatic heterocycles. The van der Waals surface area contributed by atoms with Gasteiger partial charge in [-0.3, -0.25) is 9.78 Å². The summed E-state index contributed by atoms with van der Waals surface area (Å²) < 4.78 is 0. The van der Waals surface area contributed by atoms with Crippen molar-refractivity contribution < 1.29 is 4.79 Å². The first kappa shape index (κ1) is 23.0. The van der Waals surface area contributed by atoms with Gasteiger partial charge in [-0.2, -0.15) is 0 Å². The first-order valence-electron chi connectivity index (χ1n) is 9.36. The minimum Gasteiger partial charge on any atom is -0.337 e. The topological polar surface area (TPSA) is 49.3 Å². The van der Waals surface area contributed by atoms with E-state index >= 15 is 0 Å². The Balaban J connectivity index is 0.00000300. The van der Waals surface area contributed by atoms with Crippen LogP contribution in [0.2, 0.25) is 0 Å². The highest BCUT2D eigenvalue weighted by Gasteiger charge is 2.19. The second-order valence-corrected chi connectivity index (χ2v) is 8.32. The van der Waals surface area contributed by atoms with E-state index in [2.05, 4.69) is 14.9 Å². The van der Waals surface area contributed by atoms with Gasteiger partial charge in [0.05, 0.1) is 17.1 Å². The van der Waals surface area contributed by atoms with Gasteiger partial charge < -0.3 is 9.80 Å². The van der Waals surface area contributed by atoms with Crippen molar-refractivity contribution in [1.29, 1.82) is 0 Å². The maximum absolute atomic E-state index is 13.2. The van der Waals surface area contributed by atoms with Crippen molar-refractivity contribution in [2.75, 3.05) is 27.2 Å². The van der Waals surface area contributed by atoms with Crippen molar-refractivity contribution in [1.82, 2.24) is 19.8 Å². The molecule has 0 N–H and O–H groups in total. The molecule has 0 aliphatic heterocycles. The van der Waals surface area contributed by atoms with Crippen LogP contribution in [0.15, 0.2) is 54.9 Å². The Bertz CT molecular complexity index is 900. The maximum Gasteiger partial charge on any atom is 0.228 e. The van der Waals surface area contributed by atoms with Crippen LogP contribution in [0.4, 0.5) is 0 Å². The second kappa shape index (κ2) is 11.0. The predicted molar refractivity (Wildman–Crippen MR) is 121 cm³/mol. The van der Waals surface area contributed by atoms with Crippen LogP contribution in [0.3, 0.4) is 0 Å². The first-order valence-corrected chi connectivity index (χ1v) is 10.2. The van der Waals surface area contributed by atoms with Crippen LogP contribution in [0.25, 0.3) is 11.3 Å². The zero-order valence-corrected chi connectivity index (χ0v) is 18.7. The minimum atomic E-state index is 0. The third kappa shape index (κ3) is 6.63. The summed E-state index contributed by atoms with van der Waals surface area (Å²) in [5.41, 5.74) is 3.02. The SMILES string of the molecule is Cc1nc(-c2ccccc2)c(CC(=O)N(CCN(C)C)Cc2cccnc2)s1.Cl. The molecule has 0 atom stereocenters. The third-order valence-electron chi connectivity index (χ3n) is 4.43. The Hall–Kier alpha value is -2.28. The first-order chi connectivity index (χ1) is 13.5. The standard InChI is InChI=1S/C22H26N4OS.ClH/c1-17-24-22(19-9-5-4-6-10-19)20(28-17)14-21(27)26(13-12-25(2)3)16-18-8-7-11-23-15-18;/h4-11,15H,12-14,16H2,1-3H3;1H. The zero-order valence-electron chi connectivity index (χ0n) is 17.0. The molecule has 1 aromatic carbocycles. The quantitative estimate of drug-likeness (QED) is 0.540. The van der Waals surface area contributed by atoms with E-state index in [1.165, 1.54) is 0 Å². The van der Waals surface area contributed by atoms with Crippen LogP contribution in [-0.2, 0) is 17.8 Å². The lowest BCUT2D eigenvalue weighted by Gasteiger charge is -2.24. The molecule has 0 aliphatic carbocycles. The van der Waals surface area contributed by atoms with E-state index in [0.717, 1.165) is 33.3 Å². The van der Waals surface area contributed by atoms with Crippen molar-refractivity contribution in [3.63, 3.8) is 0 Å². The third-order valence-corrected chi connectivity index (χ3v) is 5.40. The van der Waals surface area contributed by atoms with E-state index in [9.17, 15) is 4.79 Å². The number of aromatic nitrogens is 2. The number of hydrogen-bond donors (Lipinski definition) is 0. The van der Waals surface area contributed by atoms with E-state index in [0.29, 0.717) is 19.5 Å². The molecular formula is C22H27ClN4OS. The molecule has 29 heavy (non-hydrogen) atoms. The second-order valence-electron chi connectivity index (χ2n) is 7.03. The van der Waals surface area contributed by atoms with Gasteiger partial charge in [-0.05, 0) is 32.6 Å². The Morgan fingerprint density at radius 3 is 2.48 bits per heavy atom. The van der Waals surface area contributed by atoms with E-state index in [1.54, 1.807) is 17.5 Å². The summed E-state index contributed by atoms with van der Waals surface area (Å²) in [6.45, 7) is 4.06. The molecule has 2 heterocycles. The molecule has 7 heteroatoms. The van der Waals surface area contributed by atoms with Crippen molar-refractivity contribution in [2.45, 2.75) is 19.9 Å².